The Hall–Kier alpha value is -2.46. The Labute approximate surface area is 384 Å². The highest BCUT2D eigenvalue weighted by molar-refractivity contribution is 7.87. The lowest BCUT2D eigenvalue weighted by molar-refractivity contribution is -0.156. The van der Waals surface area contributed by atoms with Crippen molar-refractivity contribution in [3.63, 3.8) is 0 Å². The van der Waals surface area contributed by atoms with Crippen molar-refractivity contribution < 1.29 is 61.7 Å². The van der Waals surface area contributed by atoms with Crippen LogP contribution in [0.25, 0.3) is 0 Å². The topological polar surface area (TPSA) is 99.3 Å². The summed E-state index contributed by atoms with van der Waals surface area (Å²) in [5.74, 6) is 2.84. The molecule has 21 heteroatoms. The van der Waals surface area contributed by atoms with E-state index in [0.29, 0.717) is 42.9 Å². The van der Waals surface area contributed by atoms with Gasteiger partial charge in [0.05, 0.1) is 17.7 Å². The van der Waals surface area contributed by atoms with E-state index < -0.39 is 41.1 Å². The highest BCUT2D eigenvalue weighted by Gasteiger charge is 2.49. The highest BCUT2D eigenvalue weighted by atomic mass is 32.2. The first-order chi connectivity index (χ1) is 30.2. The maximum atomic E-state index is 13.2. The van der Waals surface area contributed by atoms with Gasteiger partial charge in [0.1, 0.15) is 0 Å². The molecule has 2 aliphatic carbocycles. The molecule has 6 heterocycles. The predicted molar refractivity (Wildman–Crippen MR) is 234 cm³/mol. The van der Waals surface area contributed by atoms with Gasteiger partial charge in [-0.2, -0.15) is 47.9 Å². The molecule has 2 aromatic rings. The Balaban J connectivity index is 0.000000194. The van der Waals surface area contributed by atoms with E-state index in [4.69, 9.17) is 0 Å². The molecule has 4 atom stereocenters. The van der Waals surface area contributed by atoms with Crippen LogP contribution in [0.2, 0.25) is 0 Å². The fourth-order valence-electron chi connectivity index (χ4n) is 10.4. The molecular weight excluding hydrogens is 932 g/mol. The number of carbonyl (C=O) groups excluding carboxylic acids is 2. The molecule has 2 saturated carbocycles. The van der Waals surface area contributed by atoms with Crippen molar-refractivity contribution in [2.75, 3.05) is 52.4 Å². The first-order valence-corrected chi connectivity index (χ1v) is 25.7. The zero-order chi connectivity index (χ0) is 46.3. The number of alkyl halides is 9. The van der Waals surface area contributed by atoms with E-state index in [9.17, 15) is 57.5 Å². The Morgan fingerprint density at radius 3 is 1.48 bits per heavy atom. The number of halogens is 9. The van der Waals surface area contributed by atoms with Gasteiger partial charge in [0.15, 0.2) is 6.61 Å². The number of hydrogen-bond acceptors (Lipinski definition) is 9. The van der Waals surface area contributed by atoms with Gasteiger partial charge < -0.3 is 15.1 Å². The number of piperidine rings is 4. The van der Waals surface area contributed by atoms with E-state index in [2.05, 4.69) is 30.7 Å². The zero-order valence-electron chi connectivity index (χ0n) is 35.8. The maximum Gasteiger partial charge on any atom is 0.523 e. The molecular formula is C44H63F9N4O5S3. The van der Waals surface area contributed by atoms with Crippen LogP contribution in [0.3, 0.4) is 0 Å². The minimum atomic E-state index is -6.15. The number of likely N-dealkylation sites (tertiary alicyclic amines) is 3. The Morgan fingerprint density at radius 2 is 1.05 bits per heavy atom. The smallest absolute Gasteiger partial charge is 0.335 e. The van der Waals surface area contributed by atoms with E-state index in [1.807, 2.05) is 11.4 Å². The van der Waals surface area contributed by atoms with Gasteiger partial charge in [-0.25, -0.2) is 0 Å². The Morgan fingerprint density at radius 1 is 0.615 bits per heavy atom. The first-order valence-electron chi connectivity index (χ1n) is 22.5. The zero-order valence-corrected chi connectivity index (χ0v) is 38.2. The third kappa shape index (κ3) is 15.0. The molecule has 1 N–H and O–H groups in total. The number of hydrogen-bond donors (Lipinski definition) is 1. The molecule has 0 radical (unpaired) electrons. The van der Waals surface area contributed by atoms with Gasteiger partial charge in [0.25, 0.3) is 11.8 Å². The normalized spacial score (nSPS) is 25.2. The molecule has 0 bridgehead atoms. The van der Waals surface area contributed by atoms with Crippen molar-refractivity contribution in [2.24, 2.45) is 11.8 Å². The number of amides is 2. The third-order valence-electron chi connectivity index (χ3n) is 13.5. The van der Waals surface area contributed by atoms with Gasteiger partial charge in [-0.1, -0.05) is 33.1 Å². The average Bonchev–Trinajstić information content (AvgIpc) is 3.97. The van der Waals surface area contributed by atoms with Gasteiger partial charge >= 0.3 is 28.0 Å². The summed E-state index contributed by atoms with van der Waals surface area (Å²) in [6.45, 7) is 1.70. The fraction of sp³-hybridized carbons (Fsp3) is 0.773. The van der Waals surface area contributed by atoms with Gasteiger partial charge in [-0.05, 0) is 139 Å². The van der Waals surface area contributed by atoms with Crippen molar-refractivity contribution in [1.82, 2.24) is 20.0 Å². The second-order valence-corrected chi connectivity index (χ2v) is 21.4. The van der Waals surface area contributed by atoms with Gasteiger partial charge in [0, 0.05) is 45.7 Å². The van der Waals surface area contributed by atoms with E-state index in [-0.39, 0.29) is 19.3 Å². The largest absolute Gasteiger partial charge is 0.523 e. The van der Waals surface area contributed by atoms with Gasteiger partial charge in [0.2, 0.25) is 0 Å². The molecule has 4 saturated heterocycles. The van der Waals surface area contributed by atoms with Crippen molar-refractivity contribution in [3.05, 3.63) is 43.8 Å². The van der Waals surface area contributed by atoms with Crippen molar-refractivity contribution in [1.29, 1.82) is 0 Å². The van der Waals surface area contributed by atoms with Crippen LogP contribution < -0.4 is 5.32 Å². The summed E-state index contributed by atoms with van der Waals surface area (Å²) >= 11 is 3.41. The SMILES string of the molecule is C.O=C(c1csc(C2CCN(CC(F)(F)F)CC2)c1)N1CCCC2CCCCC21.O=C(c1csc(C2CCNCC2)c1)N1CCCC2CCCCC21.O=S(=O)(OCC(F)(F)F)C(F)(F)F. The van der Waals surface area contributed by atoms with E-state index in [0.717, 1.165) is 73.8 Å². The molecule has 4 aliphatic heterocycles. The molecule has 9 nitrogen and oxygen atoms in total. The lowest BCUT2D eigenvalue weighted by atomic mass is 9.78. The molecule has 8 rings (SSSR count). The van der Waals surface area contributed by atoms with Gasteiger partial charge in [-0.15, -0.1) is 22.7 Å². The average molecular weight is 995 g/mol. The van der Waals surface area contributed by atoms with Crippen LogP contribution in [0.1, 0.15) is 152 Å². The summed E-state index contributed by atoms with van der Waals surface area (Å²) in [7, 11) is -6.15. The Kier molecular flexibility index (Phi) is 19.1. The first kappa shape index (κ1) is 53.5. The molecule has 2 aromatic heterocycles. The van der Waals surface area contributed by atoms with Crippen LogP contribution in [0.15, 0.2) is 22.9 Å². The molecule has 65 heavy (non-hydrogen) atoms. The van der Waals surface area contributed by atoms with Crippen LogP contribution in [0.4, 0.5) is 39.5 Å². The van der Waals surface area contributed by atoms with Crippen LogP contribution in [-0.2, 0) is 14.3 Å². The minimum Gasteiger partial charge on any atom is -0.335 e. The van der Waals surface area contributed by atoms with Crippen LogP contribution in [0, 0.1) is 11.8 Å². The van der Waals surface area contributed by atoms with Crippen molar-refractivity contribution in [2.45, 2.75) is 152 Å². The van der Waals surface area contributed by atoms with E-state index >= 15 is 0 Å². The number of carbonyl (C=O) groups is 2. The van der Waals surface area contributed by atoms with Crippen LogP contribution in [-0.4, -0.2) is 117 Å². The minimum absolute atomic E-state index is 0. The van der Waals surface area contributed by atoms with Crippen molar-refractivity contribution >= 4 is 44.6 Å². The molecule has 4 unspecified atom stereocenters. The second-order valence-electron chi connectivity index (χ2n) is 17.9. The summed E-state index contributed by atoms with van der Waals surface area (Å²) in [4.78, 5) is 34.6. The van der Waals surface area contributed by atoms with E-state index in [1.165, 1.54) is 86.8 Å². The third-order valence-corrected chi connectivity index (χ3v) is 16.7. The maximum absolute atomic E-state index is 13.2. The Bertz CT molecular complexity index is 1920. The molecule has 0 spiro atoms. The fourth-order valence-corrected chi connectivity index (χ4v) is 12.9. The summed E-state index contributed by atoms with van der Waals surface area (Å²) < 4.78 is 128. The van der Waals surface area contributed by atoms with Gasteiger partial charge in [-0.3, -0.25) is 18.7 Å². The van der Waals surface area contributed by atoms with Crippen molar-refractivity contribution in [3.8, 4) is 0 Å². The quantitative estimate of drug-likeness (QED) is 0.168. The number of rotatable bonds is 7. The summed E-state index contributed by atoms with van der Waals surface area (Å²) in [6, 6.07) is 5.15. The lowest BCUT2D eigenvalue weighted by Gasteiger charge is -2.44. The summed E-state index contributed by atoms with van der Waals surface area (Å²) in [6.07, 6.45) is 9.62. The predicted octanol–water partition coefficient (Wildman–Crippen LogP) is 11.3. The number of nitrogens with one attached hydrogen (secondary N) is 1. The monoisotopic (exact) mass is 994 g/mol. The second kappa shape index (κ2) is 23.2. The molecule has 6 fully saturated rings. The number of fused-ring (bicyclic) bond motifs is 2. The standard InChI is InChI=1S/C21H29F3N2OS.C19H28N2OS.C3H2F6O3S.CH4/c22-21(23,24)14-25-10-7-16(8-11-25)19-12-17(13-28-19)20(27)26-9-3-5-15-4-1-2-6-18(15)26;22-19(21-11-3-5-14-4-1-2-6-17(14)21)16-12-18(23-13-16)15-7-9-20-10-8-15;4-2(5,6)1-12-13(10,11)3(7,8)9;/h12-13,15-16,18H,1-11,14H2;12-15,17,20H,1-11H2;1H2;1H4. The molecule has 0 aromatic carbocycles. The number of nitrogens with zero attached hydrogens (tertiary/aromatic N) is 3. The summed E-state index contributed by atoms with van der Waals surface area (Å²) in [5, 5.41) is 7.51. The molecule has 2 amide bonds. The van der Waals surface area contributed by atoms with Crippen LogP contribution in [0.5, 0.6) is 0 Å². The summed E-state index contributed by atoms with van der Waals surface area (Å²) in [5.41, 5.74) is -4.10. The van der Waals surface area contributed by atoms with E-state index in [1.54, 1.807) is 22.7 Å². The molecule has 6 aliphatic rings. The highest BCUT2D eigenvalue weighted by Crippen LogP contribution is 2.40. The lowest BCUT2D eigenvalue weighted by Crippen LogP contribution is -2.49. The number of thiophene rings is 2. The van der Waals surface area contributed by atoms with Crippen LogP contribution >= 0.6 is 22.7 Å². The molecule has 370 valence electrons.